The minimum Gasteiger partial charge on any atom is -0.361 e. The Balaban J connectivity index is 2.67. The number of aromatic amines is 1. The minimum atomic E-state index is -0.109. The lowest BCUT2D eigenvalue weighted by atomic mass is 10.1. The van der Waals surface area contributed by atoms with Crippen molar-refractivity contribution in [3.63, 3.8) is 0 Å². The highest BCUT2D eigenvalue weighted by Gasteiger charge is 2.11. The molecule has 0 spiro atoms. The lowest BCUT2D eigenvalue weighted by Gasteiger charge is -2.07. The lowest BCUT2D eigenvalue weighted by Crippen LogP contribution is -2.20. The van der Waals surface area contributed by atoms with Crippen LogP contribution in [0.25, 0.3) is 10.9 Å². The van der Waals surface area contributed by atoms with Crippen LogP contribution in [0.3, 0.4) is 0 Å². The van der Waals surface area contributed by atoms with Gasteiger partial charge in [0.2, 0.25) is 0 Å². The third-order valence-electron chi connectivity index (χ3n) is 2.34. The summed E-state index contributed by atoms with van der Waals surface area (Å²) in [5.41, 5.74) is 13.6. The van der Waals surface area contributed by atoms with Crippen molar-refractivity contribution in [1.29, 1.82) is 0 Å². The maximum absolute atomic E-state index is 5.91. The number of hydrogen-bond acceptors (Lipinski definition) is 2. The van der Waals surface area contributed by atoms with Crippen molar-refractivity contribution in [1.82, 2.24) is 4.98 Å². The fourth-order valence-electron chi connectivity index (χ4n) is 1.58. The molecule has 3 nitrogen and oxygen atoms in total. The van der Waals surface area contributed by atoms with Crippen LogP contribution in [-0.4, -0.2) is 11.5 Å². The Hall–Kier alpha value is -0.840. The fourth-order valence-corrected chi connectivity index (χ4v) is 2.18. The largest absolute Gasteiger partial charge is 0.361 e. The van der Waals surface area contributed by atoms with E-state index in [0.29, 0.717) is 6.54 Å². The topological polar surface area (TPSA) is 67.8 Å². The van der Waals surface area contributed by atoms with Gasteiger partial charge in [-0.1, -0.05) is 22.0 Å². The van der Waals surface area contributed by atoms with Crippen LogP contribution in [0.4, 0.5) is 0 Å². The van der Waals surface area contributed by atoms with Crippen molar-refractivity contribution >= 4 is 26.8 Å². The molecule has 1 atom stereocenters. The third-order valence-corrected chi connectivity index (χ3v) is 3.00. The summed E-state index contributed by atoms with van der Waals surface area (Å²) in [6, 6.07) is 5.90. The first-order chi connectivity index (χ1) is 6.74. The molecule has 0 radical (unpaired) electrons. The summed E-state index contributed by atoms with van der Waals surface area (Å²) in [6.45, 7) is 0.453. The number of nitrogens with one attached hydrogen (secondary N) is 1. The molecule has 2 aromatic rings. The van der Waals surface area contributed by atoms with Crippen LogP contribution >= 0.6 is 15.9 Å². The van der Waals surface area contributed by atoms with Crippen LogP contribution in [0.15, 0.2) is 28.9 Å². The molecule has 0 aliphatic carbocycles. The van der Waals surface area contributed by atoms with E-state index in [0.717, 1.165) is 20.9 Å². The molecule has 1 unspecified atom stereocenters. The summed E-state index contributed by atoms with van der Waals surface area (Å²) in [4.78, 5) is 3.18. The van der Waals surface area contributed by atoms with E-state index in [-0.39, 0.29) is 6.04 Å². The van der Waals surface area contributed by atoms with Crippen LogP contribution in [-0.2, 0) is 0 Å². The van der Waals surface area contributed by atoms with Crippen molar-refractivity contribution in [2.75, 3.05) is 6.54 Å². The first-order valence-electron chi connectivity index (χ1n) is 4.45. The quantitative estimate of drug-likeness (QED) is 0.766. The van der Waals surface area contributed by atoms with Gasteiger partial charge in [-0.15, -0.1) is 0 Å². The summed E-state index contributed by atoms with van der Waals surface area (Å²) in [7, 11) is 0. The molecule has 0 bridgehead atoms. The van der Waals surface area contributed by atoms with Crippen LogP contribution < -0.4 is 11.5 Å². The summed E-state index contributed by atoms with van der Waals surface area (Å²) < 4.78 is 1.05. The number of aromatic nitrogens is 1. The van der Waals surface area contributed by atoms with E-state index in [2.05, 4.69) is 20.9 Å². The van der Waals surface area contributed by atoms with Gasteiger partial charge in [-0.2, -0.15) is 0 Å². The molecular weight excluding hydrogens is 242 g/mol. The second-order valence-corrected chi connectivity index (χ2v) is 4.10. The molecule has 1 heterocycles. The van der Waals surface area contributed by atoms with Gasteiger partial charge in [0.1, 0.15) is 0 Å². The Kier molecular flexibility index (Phi) is 2.58. The SMILES string of the molecule is NCC(N)c1c[nH]c2cccc(Br)c12. The molecule has 1 aromatic carbocycles. The van der Waals surface area contributed by atoms with Crippen molar-refractivity contribution in [2.45, 2.75) is 6.04 Å². The molecule has 14 heavy (non-hydrogen) atoms. The molecule has 0 amide bonds. The zero-order valence-corrected chi connectivity index (χ0v) is 9.21. The van der Waals surface area contributed by atoms with Crippen LogP contribution in [0.2, 0.25) is 0 Å². The van der Waals surface area contributed by atoms with Crippen molar-refractivity contribution in [2.24, 2.45) is 11.5 Å². The Morgan fingerprint density at radius 1 is 1.43 bits per heavy atom. The minimum absolute atomic E-state index is 0.109. The van der Waals surface area contributed by atoms with Crippen LogP contribution in [0, 0.1) is 0 Å². The standard InChI is InChI=1S/C10H12BrN3/c11-7-2-1-3-9-10(7)6(5-14-9)8(13)4-12/h1-3,5,8,14H,4,12-13H2. The van der Waals surface area contributed by atoms with Crippen molar-refractivity contribution in [3.05, 3.63) is 34.4 Å². The highest BCUT2D eigenvalue weighted by atomic mass is 79.9. The fraction of sp³-hybridized carbons (Fsp3) is 0.200. The molecule has 1 aromatic heterocycles. The zero-order chi connectivity index (χ0) is 10.1. The first-order valence-corrected chi connectivity index (χ1v) is 5.24. The molecule has 4 heteroatoms. The van der Waals surface area contributed by atoms with E-state index < -0.39 is 0 Å². The van der Waals surface area contributed by atoms with Crippen molar-refractivity contribution < 1.29 is 0 Å². The van der Waals surface area contributed by atoms with Gasteiger partial charge in [-0.3, -0.25) is 0 Å². The van der Waals surface area contributed by atoms with E-state index in [1.165, 1.54) is 0 Å². The van der Waals surface area contributed by atoms with Gasteiger partial charge in [0.15, 0.2) is 0 Å². The number of benzene rings is 1. The van der Waals surface area contributed by atoms with Gasteiger partial charge in [0, 0.05) is 34.2 Å². The van der Waals surface area contributed by atoms with E-state index in [9.17, 15) is 0 Å². The smallest absolute Gasteiger partial charge is 0.0468 e. The Morgan fingerprint density at radius 3 is 2.93 bits per heavy atom. The Bertz CT molecular complexity index is 450. The number of H-pyrrole nitrogens is 1. The molecule has 0 aliphatic heterocycles. The van der Waals surface area contributed by atoms with Gasteiger partial charge < -0.3 is 16.5 Å². The number of fused-ring (bicyclic) bond motifs is 1. The summed E-state index contributed by atoms with van der Waals surface area (Å²) in [6.07, 6.45) is 1.92. The van der Waals surface area contributed by atoms with E-state index >= 15 is 0 Å². The van der Waals surface area contributed by atoms with Crippen molar-refractivity contribution in [3.8, 4) is 0 Å². The van der Waals surface area contributed by atoms with Gasteiger partial charge in [-0.05, 0) is 17.7 Å². The molecule has 0 aliphatic rings. The van der Waals surface area contributed by atoms with Gasteiger partial charge in [0.05, 0.1) is 0 Å². The molecule has 74 valence electrons. The Morgan fingerprint density at radius 2 is 2.21 bits per heavy atom. The highest BCUT2D eigenvalue weighted by Crippen LogP contribution is 2.29. The summed E-state index contributed by atoms with van der Waals surface area (Å²) in [5.74, 6) is 0. The first kappa shape index (κ1) is 9.71. The number of hydrogen-bond donors (Lipinski definition) is 3. The predicted octanol–water partition coefficient (Wildman–Crippen LogP) is 1.89. The Labute approximate surface area is 90.6 Å². The average molecular weight is 254 g/mol. The summed E-state index contributed by atoms with van der Waals surface area (Å²) in [5, 5.41) is 1.13. The van der Waals surface area contributed by atoms with Gasteiger partial charge in [-0.25, -0.2) is 0 Å². The molecule has 2 rings (SSSR count). The van der Waals surface area contributed by atoms with Crippen LogP contribution in [0.1, 0.15) is 11.6 Å². The molecular formula is C10H12BrN3. The molecule has 0 saturated heterocycles. The monoisotopic (exact) mass is 253 g/mol. The maximum Gasteiger partial charge on any atom is 0.0468 e. The second kappa shape index (κ2) is 3.73. The number of nitrogens with two attached hydrogens (primary N) is 2. The van der Waals surface area contributed by atoms with Crippen LogP contribution in [0.5, 0.6) is 0 Å². The molecule has 0 fully saturated rings. The zero-order valence-electron chi connectivity index (χ0n) is 7.63. The van der Waals surface area contributed by atoms with E-state index in [1.54, 1.807) is 0 Å². The van der Waals surface area contributed by atoms with E-state index in [4.69, 9.17) is 11.5 Å². The average Bonchev–Trinajstić information content (AvgIpc) is 2.62. The second-order valence-electron chi connectivity index (χ2n) is 3.25. The normalized spacial score (nSPS) is 13.4. The maximum atomic E-state index is 5.91. The molecule has 0 saturated carbocycles. The van der Waals surface area contributed by atoms with E-state index in [1.807, 2.05) is 24.4 Å². The highest BCUT2D eigenvalue weighted by molar-refractivity contribution is 9.10. The molecule has 5 N–H and O–H groups in total. The summed E-state index contributed by atoms with van der Waals surface area (Å²) >= 11 is 3.51. The van der Waals surface area contributed by atoms with Gasteiger partial charge >= 0.3 is 0 Å². The van der Waals surface area contributed by atoms with Gasteiger partial charge in [0.25, 0.3) is 0 Å². The predicted molar refractivity (Wildman–Crippen MR) is 62.0 cm³/mol. The number of rotatable bonds is 2. The lowest BCUT2D eigenvalue weighted by molar-refractivity contribution is 0.743. The number of halogens is 1. The third kappa shape index (κ3) is 1.45.